The summed E-state index contributed by atoms with van der Waals surface area (Å²) in [5.74, 6) is 1.33. The number of benzene rings is 1. The minimum Gasteiger partial charge on any atom is -0.497 e. The summed E-state index contributed by atoms with van der Waals surface area (Å²) in [6.07, 6.45) is 0.418. The van der Waals surface area contributed by atoms with Crippen LogP contribution in [0.1, 0.15) is 26.3 Å². The van der Waals surface area contributed by atoms with Crippen LogP contribution in [0.5, 0.6) is 5.75 Å². The van der Waals surface area contributed by atoms with Gasteiger partial charge in [0.15, 0.2) is 0 Å². The standard InChI is InChI=1S/C14H21NO2/c1-10(2)11(3)15-14(16)9-12-5-7-13(17-4)8-6-12/h5-8,10-11H,9H2,1-4H3,(H,15,16)/t11-/m0/s1. The number of amides is 1. The maximum atomic E-state index is 11.7. The molecule has 1 aromatic carbocycles. The Balaban J connectivity index is 2.50. The fourth-order valence-electron chi connectivity index (χ4n) is 1.40. The fourth-order valence-corrected chi connectivity index (χ4v) is 1.40. The number of rotatable bonds is 5. The van der Waals surface area contributed by atoms with E-state index >= 15 is 0 Å². The molecular weight excluding hydrogens is 214 g/mol. The molecule has 0 saturated carbocycles. The second-order valence-electron chi connectivity index (χ2n) is 4.63. The lowest BCUT2D eigenvalue weighted by atomic mass is 10.1. The summed E-state index contributed by atoms with van der Waals surface area (Å²) in [5, 5.41) is 2.99. The summed E-state index contributed by atoms with van der Waals surface area (Å²) >= 11 is 0. The zero-order valence-electron chi connectivity index (χ0n) is 11.0. The van der Waals surface area contributed by atoms with Gasteiger partial charge in [0.2, 0.25) is 5.91 Å². The normalized spacial score (nSPS) is 12.3. The minimum atomic E-state index is 0.0661. The minimum absolute atomic E-state index is 0.0661. The second-order valence-corrected chi connectivity index (χ2v) is 4.63. The lowest BCUT2D eigenvalue weighted by molar-refractivity contribution is -0.121. The van der Waals surface area contributed by atoms with Crippen molar-refractivity contribution in [2.75, 3.05) is 7.11 Å². The summed E-state index contributed by atoms with van der Waals surface area (Å²) < 4.78 is 5.07. The van der Waals surface area contributed by atoms with Crippen molar-refractivity contribution in [3.63, 3.8) is 0 Å². The van der Waals surface area contributed by atoms with Crippen LogP contribution in [0.3, 0.4) is 0 Å². The van der Waals surface area contributed by atoms with Crippen LogP contribution < -0.4 is 10.1 Å². The van der Waals surface area contributed by atoms with Gasteiger partial charge in [-0.25, -0.2) is 0 Å². The van der Waals surface area contributed by atoms with E-state index in [0.717, 1.165) is 11.3 Å². The molecule has 0 aliphatic heterocycles. The molecule has 0 radical (unpaired) electrons. The number of ether oxygens (including phenoxy) is 1. The molecule has 17 heavy (non-hydrogen) atoms. The molecule has 1 atom stereocenters. The van der Waals surface area contributed by atoms with E-state index in [1.54, 1.807) is 7.11 Å². The van der Waals surface area contributed by atoms with E-state index in [9.17, 15) is 4.79 Å². The zero-order chi connectivity index (χ0) is 12.8. The number of carbonyl (C=O) groups is 1. The molecule has 0 unspecified atom stereocenters. The van der Waals surface area contributed by atoms with Crippen LogP contribution in [0.15, 0.2) is 24.3 Å². The largest absolute Gasteiger partial charge is 0.497 e. The van der Waals surface area contributed by atoms with Crippen molar-refractivity contribution >= 4 is 5.91 Å². The van der Waals surface area contributed by atoms with E-state index in [1.807, 2.05) is 31.2 Å². The van der Waals surface area contributed by atoms with Gasteiger partial charge in [-0.05, 0) is 30.5 Å². The van der Waals surface area contributed by atoms with Gasteiger partial charge in [-0.3, -0.25) is 4.79 Å². The van der Waals surface area contributed by atoms with Crippen molar-refractivity contribution in [2.45, 2.75) is 33.2 Å². The van der Waals surface area contributed by atoms with Crippen LogP contribution in [0, 0.1) is 5.92 Å². The number of nitrogens with one attached hydrogen (secondary N) is 1. The highest BCUT2D eigenvalue weighted by molar-refractivity contribution is 5.78. The number of hydrogen-bond acceptors (Lipinski definition) is 2. The molecule has 0 bridgehead atoms. The average molecular weight is 235 g/mol. The first-order chi connectivity index (χ1) is 8.02. The summed E-state index contributed by atoms with van der Waals surface area (Å²) in [6, 6.07) is 7.78. The van der Waals surface area contributed by atoms with Crippen molar-refractivity contribution in [2.24, 2.45) is 5.92 Å². The molecule has 1 N–H and O–H groups in total. The molecular formula is C14H21NO2. The number of methoxy groups -OCH3 is 1. The lowest BCUT2D eigenvalue weighted by Gasteiger charge is -2.17. The van der Waals surface area contributed by atoms with E-state index in [0.29, 0.717) is 12.3 Å². The first-order valence-corrected chi connectivity index (χ1v) is 5.95. The predicted octanol–water partition coefficient (Wildman–Crippen LogP) is 2.40. The molecule has 0 saturated heterocycles. The molecule has 3 nitrogen and oxygen atoms in total. The van der Waals surface area contributed by atoms with Gasteiger partial charge in [0, 0.05) is 6.04 Å². The third-order valence-electron chi connectivity index (χ3n) is 2.91. The first-order valence-electron chi connectivity index (χ1n) is 5.95. The van der Waals surface area contributed by atoms with E-state index in [4.69, 9.17) is 4.74 Å². The summed E-state index contributed by atoms with van der Waals surface area (Å²) in [5.41, 5.74) is 0.999. The highest BCUT2D eigenvalue weighted by Gasteiger charge is 2.10. The number of hydrogen-bond donors (Lipinski definition) is 1. The van der Waals surface area contributed by atoms with Crippen LogP contribution in [0.4, 0.5) is 0 Å². The average Bonchev–Trinajstić information content (AvgIpc) is 2.29. The van der Waals surface area contributed by atoms with Gasteiger partial charge in [0.25, 0.3) is 0 Å². The Morgan fingerprint density at radius 2 is 1.82 bits per heavy atom. The highest BCUT2D eigenvalue weighted by Crippen LogP contribution is 2.11. The highest BCUT2D eigenvalue weighted by atomic mass is 16.5. The maximum Gasteiger partial charge on any atom is 0.224 e. The van der Waals surface area contributed by atoms with Crippen LogP contribution in [0.2, 0.25) is 0 Å². The van der Waals surface area contributed by atoms with E-state index < -0.39 is 0 Å². The van der Waals surface area contributed by atoms with Crippen molar-refractivity contribution in [3.8, 4) is 5.75 Å². The molecule has 0 fully saturated rings. The summed E-state index contributed by atoms with van der Waals surface area (Å²) in [4.78, 5) is 11.7. The summed E-state index contributed by atoms with van der Waals surface area (Å²) in [7, 11) is 1.63. The molecule has 0 aliphatic rings. The molecule has 0 aromatic heterocycles. The van der Waals surface area contributed by atoms with Crippen molar-refractivity contribution in [1.29, 1.82) is 0 Å². The maximum absolute atomic E-state index is 11.7. The van der Waals surface area contributed by atoms with Crippen LogP contribution in [0.25, 0.3) is 0 Å². The van der Waals surface area contributed by atoms with Gasteiger partial charge < -0.3 is 10.1 Å². The van der Waals surface area contributed by atoms with E-state index in [1.165, 1.54) is 0 Å². The number of carbonyl (C=O) groups excluding carboxylic acids is 1. The van der Waals surface area contributed by atoms with Gasteiger partial charge in [-0.1, -0.05) is 26.0 Å². The molecule has 1 aromatic rings. The van der Waals surface area contributed by atoms with Crippen molar-refractivity contribution in [1.82, 2.24) is 5.32 Å². The molecule has 0 heterocycles. The Bertz CT molecular complexity index is 357. The molecule has 1 amide bonds. The topological polar surface area (TPSA) is 38.3 Å². The quantitative estimate of drug-likeness (QED) is 0.851. The molecule has 0 aliphatic carbocycles. The van der Waals surface area contributed by atoms with E-state index in [-0.39, 0.29) is 11.9 Å². The molecule has 0 spiro atoms. The molecule has 1 rings (SSSR count). The van der Waals surface area contributed by atoms with Gasteiger partial charge in [0.1, 0.15) is 5.75 Å². The van der Waals surface area contributed by atoms with Crippen molar-refractivity contribution < 1.29 is 9.53 Å². The lowest BCUT2D eigenvalue weighted by Crippen LogP contribution is -2.37. The van der Waals surface area contributed by atoms with Crippen molar-refractivity contribution in [3.05, 3.63) is 29.8 Å². The smallest absolute Gasteiger partial charge is 0.224 e. The Hall–Kier alpha value is -1.51. The third kappa shape index (κ3) is 4.47. The monoisotopic (exact) mass is 235 g/mol. The third-order valence-corrected chi connectivity index (χ3v) is 2.91. The van der Waals surface area contributed by atoms with Gasteiger partial charge in [-0.15, -0.1) is 0 Å². The predicted molar refractivity (Wildman–Crippen MR) is 69.1 cm³/mol. The Kier molecular flexibility index (Phi) is 5.01. The fraction of sp³-hybridized carbons (Fsp3) is 0.500. The Morgan fingerprint density at radius 1 is 1.24 bits per heavy atom. The van der Waals surface area contributed by atoms with Crippen LogP contribution in [-0.2, 0) is 11.2 Å². The van der Waals surface area contributed by atoms with Gasteiger partial charge in [0.05, 0.1) is 13.5 Å². The summed E-state index contributed by atoms with van der Waals surface area (Å²) in [6.45, 7) is 6.22. The Labute approximate surface area is 103 Å². The second kappa shape index (κ2) is 6.28. The van der Waals surface area contributed by atoms with Crippen LogP contribution >= 0.6 is 0 Å². The van der Waals surface area contributed by atoms with Crippen LogP contribution in [-0.4, -0.2) is 19.1 Å². The van der Waals surface area contributed by atoms with Gasteiger partial charge in [-0.2, -0.15) is 0 Å². The SMILES string of the molecule is COc1ccc(CC(=O)N[C@@H](C)C(C)C)cc1. The molecule has 3 heteroatoms. The van der Waals surface area contributed by atoms with Gasteiger partial charge >= 0.3 is 0 Å². The first kappa shape index (κ1) is 13.6. The Morgan fingerprint density at radius 3 is 2.29 bits per heavy atom. The zero-order valence-corrected chi connectivity index (χ0v) is 11.0. The molecule has 94 valence electrons. The van der Waals surface area contributed by atoms with E-state index in [2.05, 4.69) is 19.2 Å².